The quantitative estimate of drug-likeness (QED) is 0.939. The molecular formula is C16H19N5O2. The van der Waals surface area contributed by atoms with Gasteiger partial charge in [-0.05, 0) is 30.9 Å². The fourth-order valence-electron chi connectivity index (χ4n) is 2.88. The van der Waals surface area contributed by atoms with Crippen LogP contribution in [0.2, 0.25) is 0 Å². The summed E-state index contributed by atoms with van der Waals surface area (Å²) in [5.74, 6) is 1.19. The molecular weight excluding hydrogens is 294 g/mol. The van der Waals surface area contributed by atoms with Crippen LogP contribution in [0.4, 0.5) is 10.6 Å². The maximum Gasteiger partial charge on any atom is 0.323 e. The fourth-order valence-corrected chi connectivity index (χ4v) is 2.88. The van der Waals surface area contributed by atoms with E-state index in [0.29, 0.717) is 31.4 Å². The lowest BCUT2D eigenvalue weighted by Crippen LogP contribution is -2.48. The molecule has 2 amide bonds. The van der Waals surface area contributed by atoms with Crippen molar-refractivity contribution in [3.05, 3.63) is 36.5 Å². The standard InChI is InChI=1S/C16H19N5O2/c22-16(20-8-9-23-14(11-20)12-6-7-12)18-15-10-17-19-21(15)13-4-2-1-3-5-13/h1-5,10,12,14H,6-9,11H2,(H,18,22). The minimum atomic E-state index is -0.126. The lowest BCUT2D eigenvalue weighted by Gasteiger charge is -2.33. The summed E-state index contributed by atoms with van der Waals surface area (Å²) >= 11 is 0. The molecule has 0 radical (unpaired) electrons. The van der Waals surface area contributed by atoms with Gasteiger partial charge in [-0.25, -0.2) is 4.79 Å². The largest absolute Gasteiger partial charge is 0.374 e. The third-order valence-electron chi connectivity index (χ3n) is 4.31. The Labute approximate surface area is 134 Å². The topological polar surface area (TPSA) is 72.3 Å². The van der Waals surface area contributed by atoms with Gasteiger partial charge in [0.25, 0.3) is 0 Å². The first-order valence-electron chi connectivity index (χ1n) is 7.95. The molecule has 4 rings (SSSR count). The van der Waals surface area contributed by atoms with Crippen LogP contribution < -0.4 is 5.32 Å². The molecule has 23 heavy (non-hydrogen) atoms. The summed E-state index contributed by atoms with van der Waals surface area (Å²) in [6, 6.07) is 9.49. The van der Waals surface area contributed by atoms with E-state index in [1.165, 1.54) is 12.8 Å². The van der Waals surface area contributed by atoms with Crippen LogP contribution >= 0.6 is 0 Å². The molecule has 1 aliphatic carbocycles. The first-order valence-corrected chi connectivity index (χ1v) is 7.95. The van der Waals surface area contributed by atoms with Crippen LogP contribution in [0.5, 0.6) is 0 Å². The Kier molecular flexibility index (Phi) is 3.70. The number of aromatic nitrogens is 3. The summed E-state index contributed by atoms with van der Waals surface area (Å²) in [5, 5.41) is 10.9. The van der Waals surface area contributed by atoms with Gasteiger partial charge >= 0.3 is 6.03 Å². The van der Waals surface area contributed by atoms with E-state index in [4.69, 9.17) is 4.74 Å². The normalized spacial score (nSPS) is 21.2. The van der Waals surface area contributed by atoms with Gasteiger partial charge in [0.05, 0.1) is 24.6 Å². The highest BCUT2D eigenvalue weighted by Gasteiger charge is 2.36. The molecule has 7 heteroatoms. The average Bonchev–Trinajstić information content (AvgIpc) is 3.36. The van der Waals surface area contributed by atoms with Crippen molar-refractivity contribution in [1.82, 2.24) is 19.9 Å². The van der Waals surface area contributed by atoms with Crippen molar-refractivity contribution in [2.24, 2.45) is 5.92 Å². The van der Waals surface area contributed by atoms with Gasteiger partial charge in [-0.15, -0.1) is 5.10 Å². The van der Waals surface area contributed by atoms with Crippen LogP contribution in [-0.4, -0.2) is 51.7 Å². The maximum atomic E-state index is 12.5. The number of hydrogen-bond donors (Lipinski definition) is 1. The molecule has 2 fully saturated rings. The van der Waals surface area contributed by atoms with Gasteiger partial charge in [0, 0.05) is 13.1 Å². The number of benzene rings is 1. The van der Waals surface area contributed by atoms with E-state index >= 15 is 0 Å². The minimum absolute atomic E-state index is 0.126. The highest BCUT2D eigenvalue weighted by molar-refractivity contribution is 5.88. The molecule has 1 unspecified atom stereocenters. The van der Waals surface area contributed by atoms with Crippen LogP contribution in [0.15, 0.2) is 36.5 Å². The van der Waals surface area contributed by atoms with Crippen molar-refractivity contribution in [1.29, 1.82) is 0 Å². The van der Waals surface area contributed by atoms with Crippen LogP contribution in [0, 0.1) is 5.92 Å². The molecule has 1 aliphatic heterocycles. The smallest absolute Gasteiger partial charge is 0.323 e. The maximum absolute atomic E-state index is 12.5. The number of urea groups is 1. The van der Waals surface area contributed by atoms with Crippen LogP contribution in [0.25, 0.3) is 5.69 Å². The third-order valence-corrected chi connectivity index (χ3v) is 4.31. The number of rotatable bonds is 3. The molecule has 0 bridgehead atoms. The monoisotopic (exact) mass is 313 g/mol. The lowest BCUT2D eigenvalue weighted by molar-refractivity contribution is -0.0235. The van der Waals surface area contributed by atoms with E-state index in [2.05, 4.69) is 15.6 Å². The van der Waals surface area contributed by atoms with Crippen LogP contribution in [0.3, 0.4) is 0 Å². The molecule has 0 spiro atoms. The molecule has 1 aromatic carbocycles. The Hall–Kier alpha value is -2.41. The lowest BCUT2D eigenvalue weighted by atomic mass is 10.2. The van der Waals surface area contributed by atoms with Crippen LogP contribution in [0.1, 0.15) is 12.8 Å². The van der Waals surface area contributed by atoms with Gasteiger partial charge in [-0.2, -0.15) is 4.68 Å². The number of anilines is 1. The molecule has 2 aliphatic rings. The van der Waals surface area contributed by atoms with Gasteiger partial charge < -0.3 is 9.64 Å². The summed E-state index contributed by atoms with van der Waals surface area (Å²) in [6.07, 6.45) is 4.17. The van der Waals surface area contributed by atoms with E-state index in [1.54, 1.807) is 10.9 Å². The van der Waals surface area contributed by atoms with Crippen LogP contribution in [-0.2, 0) is 4.74 Å². The first kappa shape index (κ1) is 14.2. The average molecular weight is 313 g/mol. The van der Waals surface area contributed by atoms with Gasteiger partial charge in [-0.3, -0.25) is 5.32 Å². The van der Waals surface area contributed by atoms with Gasteiger partial charge in [-0.1, -0.05) is 23.4 Å². The van der Waals surface area contributed by atoms with Crippen molar-refractivity contribution >= 4 is 11.8 Å². The number of para-hydroxylation sites is 1. The van der Waals surface area contributed by atoms with Gasteiger partial charge in [0.2, 0.25) is 0 Å². The summed E-state index contributed by atoms with van der Waals surface area (Å²) in [4.78, 5) is 14.3. The SMILES string of the molecule is O=C(Nc1cnnn1-c1ccccc1)N1CCOC(C2CC2)C1. The highest BCUT2D eigenvalue weighted by Crippen LogP contribution is 2.35. The zero-order valence-electron chi connectivity index (χ0n) is 12.8. The van der Waals surface area contributed by atoms with Crippen molar-refractivity contribution in [2.75, 3.05) is 25.0 Å². The summed E-state index contributed by atoms with van der Waals surface area (Å²) in [7, 11) is 0. The van der Waals surface area contributed by atoms with Crippen molar-refractivity contribution in [2.45, 2.75) is 18.9 Å². The van der Waals surface area contributed by atoms with Crippen molar-refractivity contribution in [3.8, 4) is 5.69 Å². The predicted octanol–water partition coefficient (Wildman–Crippen LogP) is 1.91. The number of amides is 2. The Morgan fingerprint density at radius 3 is 2.87 bits per heavy atom. The first-order chi connectivity index (χ1) is 11.3. The van der Waals surface area contributed by atoms with Gasteiger partial charge in [0.15, 0.2) is 5.82 Å². The predicted molar refractivity (Wildman–Crippen MR) is 84.4 cm³/mol. The molecule has 1 atom stereocenters. The minimum Gasteiger partial charge on any atom is -0.374 e. The second kappa shape index (κ2) is 6.00. The molecule has 2 aromatic rings. The van der Waals surface area contributed by atoms with E-state index in [1.807, 2.05) is 35.2 Å². The van der Waals surface area contributed by atoms with E-state index < -0.39 is 0 Å². The third kappa shape index (κ3) is 3.05. The molecule has 1 saturated carbocycles. The number of ether oxygens (including phenoxy) is 1. The van der Waals surface area contributed by atoms with Gasteiger partial charge in [0.1, 0.15) is 0 Å². The number of hydrogen-bond acceptors (Lipinski definition) is 4. The molecule has 1 aromatic heterocycles. The summed E-state index contributed by atoms with van der Waals surface area (Å²) in [6.45, 7) is 1.87. The van der Waals surface area contributed by atoms with E-state index in [9.17, 15) is 4.79 Å². The molecule has 1 N–H and O–H groups in total. The number of carbonyl (C=O) groups is 1. The second-order valence-corrected chi connectivity index (χ2v) is 5.99. The van der Waals surface area contributed by atoms with E-state index in [-0.39, 0.29) is 12.1 Å². The Bertz CT molecular complexity index is 683. The number of nitrogens with zero attached hydrogens (tertiary/aromatic N) is 4. The molecule has 120 valence electrons. The van der Waals surface area contributed by atoms with E-state index in [0.717, 1.165) is 5.69 Å². The molecule has 7 nitrogen and oxygen atoms in total. The summed E-state index contributed by atoms with van der Waals surface area (Å²) < 4.78 is 7.38. The second-order valence-electron chi connectivity index (χ2n) is 5.99. The highest BCUT2D eigenvalue weighted by atomic mass is 16.5. The van der Waals surface area contributed by atoms with Crippen molar-refractivity contribution < 1.29 is 9.53 Å². The molecule has 2 heterocycles. The Morgan fingerprint density at radius 2 is 2.09 bits per heavy atom. The number of morpholine rings is 1. The Morgan fingerprint density at radius 1 is 1.26 bits per heavy atom. The summed E-state index contributed by atoms with van der Waals surface area (Å²) in [5.41, 5.74) is 0.859. The zero-order valence-corrected chi connectivity index (χ0v) is 12.8. The van der Waals surface area contributed by atoms with Crippen molar-refractivity contribution in [3.63, 3.8) is 0 Å². The molecule has 1 saturated heterocycles. The number of carbonyl (C=O) groups excluding carboxylic acids is 1. The Balaban J connectivity index is 1.46. The zero-order chi connectivity index (χ0) is 15.6. The number of nitrogens with one attached hydrogen (secondary N) is 1. The fraction of sp³-hybridized carbons (Fsp3) is 0.438.